The second-order valence-corrected chi connectivity index (χ2v) is 9.99. The van der Waals surface area contributed by atoms with Gasteiger partial charge in [-0.25, -0.2) is 4.79 Å². The van der Waals surface area contributed by atoms with Crippen molar-refractivity contribution in [3.8, 4) is 5.75 Å². The fourth-order valence-corrected chi connectivity index (χ4v) is 6.09. The SMILES string of the molecule is CCOC(=O)C=Cc1ccc2c(c1O)C(=O)C1C(=O)[C@@]3(O)C(=O)C(C(N)=O)C(=O)[C@H](N(C)C)[C@H]3[C@H](O)[C@H]1C2. The number of aliphatic hydroxyl groups excluding tert-OH is 1. The van der Waals surface area contributed by atoms with Crippen molar-refractivity contribution in [3.63, 3.8) is 0 Å². The lowest BCUT2D eigenvalue weighted by Crippen LogP contribution is -2.77. The first-order chi connectivity index (χ1) is 17.8. The van der Waals surface area contributed by atoms with E-state index in [1.807, 2.05) is 0 Å². The maximum Gasteiger partial charge on any atom is 0.330 e. The molecular formula is C26H28N2O10. The van der Waals surface area contributed by atoms with Gasteiger partial charge in [-0.05, 0) is 39.1 Å². The van der Waals surface area contributed by atoms with E-state index in [4.69, 9.17) is 10.5 Å². The number of hydrogen-bond donors (Lipinski definition) is 4. The van der Waals surface area contributed by atoms with Gasteiger partial charge in [-0.3, -0.25) is 28.9 Å². The number of nitrogens with zero attached hydrogens (tertiary/aromatic N) is 1. The normalized spacial score (nSPS) is 32.7. The van der Waals surface area contributed by atoms with Crippen molar-refractivity contribution in [2.75, 3.05) is 20.7 Å². The zero-order valence-electron chi connectivity index (χ0n) is 20.9. The first-order valence-electron chi connectivity index (χ1n) is 12.0. The van der Waals surface area contributed by atoms with Crippen molar-refractivity contribution in [3.05, 3.63) is 34.9 Å². The Hall–Kier alpha value is -3.74. The van der Waals surface area contributed by atoms with Crippen LogP contribution in [0.1, 0.15) is 28.4 Å². The molecule has 2 unspecified atom stereocenters. The Morgan fingerprint density at radius 1 is 1.18 bits per heavy atom. The van der Waals surface area contributed by atoms with Gasteiger partial charge in [-0.15, -0.1) is 0 Å². The summed E-state index contributed by atoms with van der Waals surface area (Å²) in [6.07, 6.45) is 0.498. The molecule has 2 fully saturated rings. The monoisotopic (exact) mass is 528 g/mol. The van der Waals surface area contributed by atoms with Crippen LogP contribution in [0.5, 0.6) is 5.75 Å². The predicted molar refractivity (Wildman–Crippen MR) is 128 cm³/mol. The van der Waals surface area contributed by atoms with Gasteiger partial charge in [0, 0.05) is 17.6 Å². The standard InChI is InChI=1S/C26H28N2O10/c1-4-38-13(29)8-7-10-5-6-11-9-12-15(21(32)14(11)19(10)30)23(34)26(37)17(20(12)31)18(28(2)3)22(33)16(24(26)35)25(27)36/h5-8,12,15-18,20,30-31,37H,4,9H2,1-3H3,(H2,27,36)/t12-,15?,16?,17-,18+,20+,26+/m0/s1. The van der Waals surface area contributed by atoms with E-state index in [2.05, 4.69) is 0 Å². The third kappa shape index (κ3) is 3.79. The largest absolute Gasteiger partial charge is 0.507 e. The molecule has 1 aromatic carbocycles. The second-order valence-electron chi connectivity index (χ2n) is 9.99. The number of benzene rings is 1. The van der Waals surface area contributed by atoms with Crippen molar-refractivity contribution >= 4 is 41.1 Å². The van der Waals surface area contributed by atoms with Gasteiger partial charge in [0.2, 0.25) is 5.91 Å². The number of likely N-dealkylation sites (N-methyl/N-ethyl adjacent to an activating group) is 1. The van der Waals surface area contributed by atoms with Crippen LogP contribution in [-0.2, 0) is 35.1 Å². The summed E-state index contributed by atoms with van der Waals surface area (Å²) >= 11 is 0. The number of carbonyl (C=O) groups excluding carboxylic acids is 6. The zero-order valence-corrected chi connectivity index (χ0v) is 20.9. The lowest BCUT2D eigenvalue weighted by atomic mass is 9.51. The highest BCUT2D eigenvalue weighted by Gasteiger charge is 2.72. The van der Waals surface area contributed by atoms with Gasteiger partial charge in [0.25, 0.3) is 0 Å². The number of amides is 1. The Bertz CT molecular complexity index is 1300. The van der Waals surface area contributed by atoms with Gasteiger partial charge in [0.15, 0.2) is 34.7 Å². The van der Waals surface area contributed by atoms with Crippen LogP contribution in [0, 0.1) is 23.7 Å². The number of hydrogen-bond acceptors (Lipinski definition) is 11. The molecule has 12 nitrogen and oxygen atoms in total. The van der Waals surface area contributed by atoms with Crippen LogP contribution in [0.25, 0.3) is 6.08 Å². The first-order valence-corrected chi connectivity index (χ1v) is 12.0. The molecule has 12 heteroatoms. The minimum Gasteiger partial charge on any atom is -0.507 e. The number of Topliss-reactive ketones (excluding diaryl/α,β-unsaturated/α-hetero) is 4. The summed E-state index contributed by atoms with van der Waals surface area (Å²) in [5.74, 6) is -13.9. The van der Waals surface area contributed by atoms with Crippen molar-refractivity contribution in [2.24, 2.45) is 29.4 Å². The quantitative estimate of drug-likeness (QED) is 0.195. The Morgan fingerprint density at radius 2 is 1.84 bits per heavy atom. The van der Waals surface area contributed by atoms with Crippen molar-refractivity contribution < 1.29 is 48.8 Å². The zero-order chi connectivity index (χ0) is 28.3. The second kappa shape index (κ2) is 9.53. The molecule has 38 heavy (non-hydrogen) atoms. The van der Waals surface area contributed by atoms with E-state index in [0.29, 0.717) is 5.56 Å². The van der Waals surface area contributed by atoms with Crippen molar-refractivity contribution in [1.29, 1.82) is 0 Å². The third-order valence-corrected chi connectivity index (χ3v) is 7.74. The lowest BCUT2D eigenvalue weighted by Gasteiger charge is -2.54. The van der Waals surface area contributed by atoms with E-state index in [0.717, 1.165) is 6.08 Å². The highest BCUT2D eigenvalue weighted by Crippen LogP contribution is 2.51. The summed E-state index contributed by atoms with van der Waals surface area (Å²) in [5, 5.41) is 33.8. The highest BCUT2D eigenvalue weighted by molar-refractivity contribution is 6.32. The number of ether oxygens (including phenoxy) is 1. The third-order valence-electron chi connectivity index (χ3n) is 7.74. The molecule has 0 bridgehead atoms. The van der Waals surface area contributed by atoms with E-state index < -0.39 is 82.2 Å². The van der Waals surface area contributed by atoms with Gasteiger partial charge in [-0.1, -0.05) is 12.1 Å². The summed E-state index contributed by atoms with van der Waals surface area (Å²) < 4.78 is 4.80. The van der Waals surface area contributed by atoms with E-state index in [1.54, 1.807) is 6.92 Å². The number of phenolic OH excluding ortho intramolecular Hbond substituents is 1. The van der Waals surface area contributed by atoms with Crippen LogP contribution in [0.15, 0.2) is 18.2 Å². The van der Waals surface area contributed by atoms with Crippen LogP contribution < -0.4 is 5.73 Å². The average Bonchev–Trinajstić information content (AvgIpc) is 2.83. The Kier molecular flexibility index (Phi) is 6.85. The maximum atomic E-state index is 13.8. The lowest BCUT2D eigenvalue weighted by molar-refractivity contribution is -0.195. The van der Waals surface area contributed by atoms with E-state index >= 15 is 0 Å². The molecule has 3 aliphatic rings. The number of fused-ring (bicyclic) bond motifs is 3. The van der Waals surface area contributed by atoms with Gasteiger partial charge in [0.1, 0.15) is 5.75 Å². The number of aliphatic hydroxyl groups is 2. The average molecular weight is 529 g/mol. The fourth-order valence-electron chi connectivity index (χ4n) is 6.09. The van der Waals surface area contributed by atoms with Crippen LogP contribution in [0.3, 0.4) is 0 Å². The molecule has 0 heterocycles. The Morgan fingerprint density at radius 3 is 2.42 bits per heavy atom. The minimum atomic E-state index is -3.05. The number of primary amides is 1. The molecule has 3 aliphatic carbocycles. The first kappa shape index (κ1) is 27.3. The van der Waals surface area contributed by atoms with Crippen molar-refractivity contribution in [1.82, 2.24) is 4.90 Å². The molecule has 4 rings (SSSR count). The number of rotatable bonds is 5. The molecule has 0 spiro atoms. The summed E-state index contributed by atoms with van der Waals surface area (Å²) in [6, 6.07) is 1.52. The molecule has 0 saturated heterocycles. The van der Waals surface area contributed by atoms with Gasteiger partial charge in [0.05, 0.1) is 36.2 Å². The number of esters is 1. The maximum absolute atomic E-state index is 13.8. The molecule has 2 saturated carbocycles. The van der Waals surface area contributed by atoms with Crippen LogP contribution in [-0.4, -0.2) is 93.7 Å². The van der Waals surface area contributed by atoms with Crippen LogP contribution in [0.4, 0.5) is 0 Å². The molecule has 0 radical (unpaired) electrons. The number of nitrogens with two attached hydrogens (primary N) is 1. The van der Waals surface area contributed by atoms with Gasteiger partial charge in [-0.2, -0.15) is 0 Å². The highest BCUT2D eigenvalue weighted by atomic mass is 16.5. The molecule has 202 valence electrons. The number of phenols is 1. The molecular weight excluding hydrogens is 500 g/mol. The van der Waals surface area contributed by atoms with Gasteiger partial charge < -0.3 is 25.8 Å². The topological polar surface area (TPSA) is 202 Å². The van der Waals surface area contributed by atoms with E-state index in [9.17, 15) is 44.1 Å². The van der Waals surface area contributed by atoms with Crippen LogP contribution in [0.2, 0.25) is 0 Å². The van der Waals surface area contributed by atoms with E-state index in [-0.39, 0.29) is 24.2 Å². The summed E-state index contributed by atoms with van der Waals surface area (Å²) in [6.45, 7) is 1.75. The predicted octanol–water partition coefficient (Wildman–Crippen LogP) is -1.59. The minimum absolute atomic E-state index is 0.0739. The number of ketones is 4. The molecule has 1 amide bonds. The molecule has 7 atom stereocenters. The number of aromatic hydroxyl groups is 1. The summed E-state index contributed by atoms with van der Waals surface area (Å²) in [4.78, 5) is 78.8. The molecule has 0 aromatic heterocycles. The smallest absolute Gasteiger partial charge is 0.330 e. The van der Waals surface area contributed by atoms with Crippen molar-refractivity contribution in [2.45, 2.75) is 31.1 Å². The molecule has 0 aliphatic heterocycles. The Balaban J connectivity index is 1.83. The van der Waals surface area contributed by atoms with Crippen LogP contribution >= 0.6 is 0 Å². The fraction of sp³-hybridized carbons (Fsp3) is 0.462. The van der Waals surface area contributed by atoms with Gasteiger partial charge >= 0.3 is 5.97 Å². The van der Waals surface area contributed by atoms with E-state index in [1.165, 1.54) is 37.2 Å². The Labute approximate surface area is 217 Å². The molecule has 1 aromatic rings. The summed E-state index contributed by atoms with van der Waals surface area (Å²) in [5.41, 5.74) is 2.34. The summed E-state index contributed by atoms with van der Waals surface area (Å²) in [7, 11) is 2.84. The molecule has 5 N–H and O–H groups in total. The number of carbonyl (C=O) groups is 6.